The molecule has 2 fully saturated rings. The highest BCUT2D eigenvalue weighted by Crippen LogP contribution is 2.39. The normalized spacial score (nSPS) is 29.5. The Bertz CT molecular complexity index is 387. The van der Waals surface area contributed by atoms with Crippen molar-refractivity contribution in [3.8, 4) is 0 Å². The molecule has 2 aliphatic heterocycles. The van der Waals surface area contributed by atoms with E-state index in [0.717, 1.165) is 17.7 Å². The quantitative estimate of drug-likeness (QED) is 0.809. The number of hydrogen-bond acceptors (Lipinski definition) is 2. The van der Waals surface area contributed by atoms with E-state index in [2.05, 4.69) is 5.32 Å². The first-order valence-electron chi connectivity index (χ1n) is 7.18. The van der Waals surface area contributed by atoms with Gasteiger partial charge in [0.25, 0.3) is 0 Å². The van der Waals surface area contributed by atoms with Crippen molar-refractivity contribution >= 4 is 5.91 Å². The number of carbonyl (C=O) groups excluding carboxylic acids is 1. The summed E-state index contributed by atoms with van der Waals surface area (Å²) < 4.78 is 63.9. The van der Waals surface area contributed by atoms with Gasteiger partial charge in [0.05, 0.1) is 0 Å². The minimum Gasteiger partial charge on any atom is -0.334 e. The van der Waals surface area contributed by atoms with Gasteiger partial charge in [-0.3, -0.25) is 4.79 Å². The molecule has 0 aromatic carbocycles. The Hall–Kier alpha value is -0.920. The molecule has 2 aliphatic rings. The monoisotopic (exact) mass is 314 g/mol. The molecule has 2 unspecified atom stereocenters. The number of nitrogens with zero attached hydrogens (tertiary/aromatic N) is 1. The van der Waals surface area contributed by atoms with Crippen LogP contribution in [0.2, 0.25) is 0 Å². The van der Waals surface area contributed by atoms with Crippen molar-refractivity contribution in [1.82, 2.24) is 10.2 Å². The van der Waals surface area contributed by atoms with E-state index in [9.17, 15) is 26.7 Å². The number of piperidine rings is 1. The van der Waals surface area contributed by atoms with Crippen LogP contribution in [0.4, 0.5) is 22.0 Å². The van der Waals surface area contributed by atoms with Crippen LogP contribution in [0, 0.1) is 0 Å². The fourth-order valence-electron chi connectivity index (χ4n) is 3.27. The Morgan fingerprint density at radius 2 is 1.67 bits per heavy atom. The van der Waals surface area contributed by atoms with Crippen molar-refractivity contribution in [3.05, 3.63) is 0 Å². The van der Waals surface area contributed by atoms with Gasteiger partial charge < -0.3 is 10.2 Å². The topological polar surface area (TPSA) is 32.3 Å². The van der Waals surface area contributed by atoms with Gasteiger partial charge >= 0.3 is 18.0 Å². The van der Waals surface area contributed by atoms with Crippen molar-refractivity contribution in [2.45, 2.75) is 69.3 Å². The van der Waals surface area contributed by atoms with Gasteiger partial charge in [-0.25, -0.2) is 0 Å². The first kappa shape index (κ1) is 16.5. The van der Waals surface area contributed by atoms with E-state index in [1.165, 1.54) is 0 Å². The smallest absolute Gasteiger partial charge is 0.334 e. The molecule has 1 amide bonds. The van der Waals surface area contributed by atoms with E-state index < -0.39 is 24.0 Å². The number of amides is 1. The Labute approximate surface area is 119 Å². The number of carbonyl (C=O) groups is 1. The van der Waals surface area contributed by atoms with Crippen molar-refractivity contribution in [2.24, 2.45) is 0 Å². The fraction of sp³-hybridized carbons (Fsp3) is 0.923. The maximum atomic E-state index is 13.3. The fourth-order valence-corrected chi connectivity index (χ4v) is 3.27. The van der Waals surface area contributed by atoms with Gasteiger partial charge in [-0.05, 0) is 32.1 Å². The van der Waals surface area contributed by atoms with E-state index >= 15 is 0 Å². The first-order valence-corrected chi connectivity index (χ1v) is 7.18. The van der Waals surface area contributed by atoms with Gasteiger partial charge in [0, 0.05) is 24.7 Å². The molecule has 2 rings (SSSR count). The van der Waals surface area contributed by atoms with Crippen molar-refractivity contribution < 1.29 is 26.7 Å². The molecule has 0 radical (unpaired) electrons. The van der Waals surface area contributed by atoms with Gasteiger partial charge in [-0.15, -0.1) is 0 Å². The summed E-state index contributed by atoms with van der Waals surface area (Å²) >= 11 is 0. The third-order valence-corrected chi connectivity index (χ3v) is 4.24. The summed E-state index contributed by atoms with van der Waals surface area (Å²) in [5.74, 6) is -7.42. The molecular formula is C13H19F5N2O. The van der Waals surface area contributed by atoms with Crippen LogP contribution in [0.15, 0.2) is 0 Å². The third-order valence-electron chi connectivity index (χ3n) is 4.24. The number of fused-ring (bicyclic) bond motifs is 2. The van der Waals surface area contributed by atoms with E-state index in [0.29, 0.717) is 19.3 Å². The molecule has 0 saturated carbocycles. The summed E-state index contributed by atoms with van der Waals surface area (Å²) in [6.07, 6.45) is -2.86. The molecule has 2 saturated heterocycles. The molecule has 0 aromatic heterocycles. The van der Waals surface area contributed by atoms with Gasteiger partial charge in [0.15, 0.2) is 0 Å². The molecule has 1 N–H and O–H groups in total. The van der Waals surface area contributed by atoms with Gasteiger partial charge in [-0.2, -0.15) is 22.0 Å². The third kappa shape index (κ3) is 3.14. The number of hydrogen-bond donors (Lipinski definition) is 1. The molecule has 3 nitrogen and oxygen atoms in total. The molecule has 21 heavy (non-hydrogen) atoms. The minimum atomic E-state index is -5.85. The molecule has 2 atom stereocenters. The van der Waals surface area contributed by atoms with Crippen LogP contribution < -0.4 is 5.32 Å². The van der Waals surface area contributed by atoms with E-state index in [1.807, 2.05) is 0 Å². The number of alkyl halides is 5. The number of nitrogens with one attached hydrogen (secondary N) is 1. The van der Waals surface area contributed by atoms with Gasteiger partial charge in [0.1, 0.15) is 0 Å². The lowest BCUT2D eigenvalue weighted by molar-refractivity contribution is -0.275. The zero-order valence-corrected chi connectivity index (χ0v) is 11.7. The van der Waals surface area contributed by atoms with Crippen LogP contribution >= 0.6 is 0 Å². The Morgan fingerprint density at radius 3 is 2.10 bits per heavy atom. The first-order chi connectivity index (χ1) is 9.66. The molecule has 122 valence electrons. The molecule has 0 aliphatic carbocycles. The van der Waals surface area contributed by atoms with Crippen molar-refractivity contribution in [3.63, 3.8) is 0 Å². The summed E-state index contributed by atoms with van der Waals surface area (Å²) in [7, 11) is 0. The molecule has 2 heterocycles. The predicted molar refractivity (Wildman–Crippen MR) is 66.0 cm³/mol. The standard InChI is InChI=1S/C13H19F5N2O/c1-2-5-20(11(21)12(14,15)13(16,17)18)10-6-8-3-4-9(7-10)19-8/h8-10,19H,2-7H2,1H3. The Morgan fingerprint density at radius 1 is 1.14 bits per heavy atom. The summed E-state index contributed by atoms with van der Waals surface area (Å²) in [6, 6.07) is -0.315. The van der Waals surface area contributed by atoms with Crippen LogP contribution in [-0.4, -0.2) is 47.6 Å². The zero-order chi connectivity index (χ0) is 15.8. The molecule has 0 spiro atoms. The summed E-state index contributed by atoms with van der Waals surface area (Å²) in [5.41, 5.74) is 0. The summed E-state index contributed by atoms with van der Waals surface area (Å²) in [5, 5.41) is 3.28. The molecule has 0 aromatic rings. The van der Waals surface area contributed by atoms with Gasteiger partial charge in [0.2, 0.25) is 0 Å². The molecule has 2 bridgehead atoms. The average molecular weight is 314 g/mol. The lowest BCUT2D eigenvalue weighted by Crippen LogP contribution is -2.58. The van der Waals surface area contributed by atoms with Crippen molar-refractivity contribution in [2.75, 3.05) is 6.54 Å². The highest BCUT2D eigenvalue weighted by Gasteiger charge is 2.65. The predicted octanol–water partition coefficient (Wildman–Crippen LogP) is 2.71. The van der Waals surface area contributed by atoms with Crippen LogP contribution in [-0.2, 0) is 4.79 Å². The SMILES string of the molecule is CCCN(C(=O)C(F)(F)C(F)(F)F)C1CC2CCC(C1)N2. The van der Waals surface area contributed by atoms with Gasteiger partial charge in [-0.1, -0.05) is 6.92 Å². The Balaban J connectivity index is 2.17. The highest BCUT2D eigenvalue weighted by atomic mass is 19.4. The Kier molecular flexibility index (Phi) is 4.46. The van der Waals surface area contributed by atoms with Crippen LogP contribution in [0.3, 0.4) is 0 Å². The largest absolute Gasteiger partial charge is 0.463 e. The van der Waals surface area contributed by atoms with Crippen LogP contribution in [0.5, 0.6) is 0 Å². The second-order valence-electron chi connectivity index (χ2n) is 5.83. The van der Waals surface area contributed by atoms with E-state index in [-0.39, 0.29) is 18.6 Å². The molecule has 8 heteroatoms. The second-order valence-corrected chi connectivity index (χ2v) is 5.83. The minimum absolute atomic E-state index is 0.0748. The second kappa shape index (κ2) is 5.70. The summed E-state index contributed by atoms with van der Waals surface area (Å²) in [6.45, 7) is 1.58. The summed E-state index contributed by atoms with van der Waals surface area (Å²) in [4.78, 5) is 12.5. The zero-order valence-electron chi connectivity index (χ0n) is 11.7. The highest BCUT2D eigenvalue weighted by molar-refractivity contribution is 5.84. The maximum Gasteiger partial charge on any atom is 0.463 e. The maximum absolute atomic E-state index is 13.3. The van der Waals surface area contributed by atoms with Crippen molar-refractivity contribution in [1.29, 1.82) is 0 Å². The average Bonchev–Trinajstić information content (AvgIpc) is 2.72. The van der Waals surface area contributed by atoms with Crippen LogP contribution in [0.1, 0.15) is 39.0 Å². The van der Waals surface area contributed by atoms with E-state index in [1.54, 1.807) is 6.92 Å². The van der Waals surface area contributed by atoms with Crippen LogP contribution in [0.25, 0.3) is 0 Å². The number of rotatable bonds is 4. The lowest BCUT2D eigenvalue weighted by atomic mass is 9.97. The lowest BCUT2D eigenvalue weighted by Gasteiger charge is -2.39. The number of halogens is 5. The molecular weight excluding hydrogens is 295 g/mol. The van der Waals surface area contributed by atoms with E-state index in [4.69, 9.17) is 0 Å².